The van der Waals surface area contributed by atoms with Gasteiger partial charge in [0.05, 0.1) is 9.48 Å². The van der Waals surface area contributed by atoms with Crippen LogP contribution in [-0.4, -0.2) is 14.4 Å². The number of hydrogen-bond acceptors (Lipinski definition) is 4. The molecule has 0 aromatic carbocycles. The summed E-state index contributed by atoms with van der Waals surface area (Å²) in [6, 6.07) is 5.32. The van der Waals surface area contributed by atoms with Crippen molar-refractivity contribution < 1.29 is 0 Å². The highest BCUT2D eigenvalue weighted by atomic mass is 79.9. The second-order valence-corrected chi connectivity index (χ2v) is 6.22. The van der Waals surface area contributed by atoms with E-state index in [4.69, 9.17) is 0 Å². The molecule has 3 heterocycles. The van der Waals surface area contributed by atoms with Gasteiger partial charge in [-0.05, 0) is 33.6 Å². The first-order valence-corrected chi connectivity index (χ1v) is 7.10. The molecule has 0 N–H and O–H groups in total. The first-order chi connectivity index (χ1) is 9.22. The quantitative estimate of drug-likeness (QED) is 0.724. The Bertz CT molecular complexity index is 808. The number of hydrogen-bond donors (Lipinski definition) is 0. The summed E-state index contributed by atoms with van der Waals surface area (Å²) in [6.45, 7) is 0. The van der Waals surface area contributed by atoms with Crippen LogP contribution in [0, 0.1) is 0 Å². The predicted molar refractivity (Wildman–Crippen MR) is 80.2 cm³/mol. The highest BCUT2D eigenvalue weighted by Gasteiger charge is 2.03. The normalized spacial score (nSPS) is 11.4. The summed E-state index contributed by atoms with van der Waals surface area (Å²) >= 11 is 4.78. The minimum atomic E-state index is -0.0854. The first kappa shape index (κ1) is 12.3. The van der Waals surface area contributed by atoms with Crippen molar-refractivity contribution in [3.8, 4) is 0 Å². The van der Waals surface area contributed by atoms with Crippen LogP contribution in [0.3, 0.4) is 0 Å². The Labute approximate surface area is 121 Å². The summed E-state index contributed by atoms with van der Waals surface area (Å²) in [7, 11) is 0. The van der Waals surface area contributed by atoms with Gasteiger partial charge in [-0.15, -0.1) is 0 Å². The Kier molecular flexibility index (Phi) is 3.27. The summed E-state index contributed by atoms with van der Waals surface area (Å²) in [5.41, 5.74) is 1.53. The van der Waals surface area contributed by atoms with Gasteiger partial charge in [-0.2, -0.15) is 0 Å². The zero-order valence-corrected chi connectivity index (χ0v) is 12.1. The van der Waals surface area contributed by atoms with Gasteiger partial charge >= 0.3 is 0 Å². The minimum absolute atomic E-state index is 0.0854. The lowest BCUT2D eigenvalue weighted by atomic mass is 10.2. The Morgan fingerprint density at radius 3 is 3.05 bits per heavy atom. The van der Waals surface area contributed by atoms with Crippen LogP contribution in [0.5, 0.6) is 0 Å². The molecule has 4 nitrogen and oxygen atoms in total. The molecular formula is C13H8BrN3OS. The minimum Gasteiger partial charge on any atom is -0.269 e. The molecule has 94 valence electrons. The molecule has 3 aromatic heterocycles. The lowest BCUT2D eigenvalue weighted by Gasteiger charge is -1.95. The molecule has 0 saturated heterocycles. The lowest BCUT2D eigenvalue weighted by Crippen LogP contribution is -2.11. The standard InChI is InChI=1S/C13H8BrN3OS/c14-11-8-17-12(18)6-10(16-13(17)19-11)4-3-9-2-1-5-15-7-9/h1-8H. The Morgan fingerprint density at radius 1 is 1.37 bits per heavy atom. The van der Waals surface area contributed by atoms with Gasteiger partial charge in [0.25, 0.3) is 5.56 Å². The fourth-order valence-electron chi connectivity index (χ4n) is 1.63. The van der Waals surface area contributed by atoms with Gasteiger partial charge in [0.2, 0.25) is 0 Å². The molecular weight excluding hydrogens is 326 g/mol. The number of rotatable bonds is 2. The van der Waals surface area contributed by atoms with Crippen molar-refractivity contribution in [3.05, 3.63) is 62.2 Å². The van der Waals surface area contributed by atoms with E-state index in [1.165, 1.54) is 21.8 Å². The van der Waals surface area contributed by atoms with E-state index in [-0.39, 0.29) is 5.56 Å². The van der Waals surface area contributed by atoms with Crippen molar-refractivity contribution in [3.63, 3.8) is 0 Å². The Hall–Kier alpha value is -1.79. The van der Waals surface area contributed by atoms with Crippen molar-refractivity contribution in [1.82, 2.24) is 14.4 Å². The molecule has 0 aliphatic rings. The maximum absolute atomic E-state index is 11.9. The van der Waals surface area contributed by atoms with E-state index in [0.717, 1.165) is 9.35 Å². The van der Waals surface area contributed by atoms with E-state index >= 15 is 0 Å². The predicted octanol–water partition coefficient (Wildman–Crippen LogP) is 3.08. The Morgan fingerprint density at radius 2 is 2.26 bits per heavy atom. The molecule has 0 aliphatic carbocycles. The third-order valence-corrected chi connectivity index (χ3v) is 3.95. The van der Waals surface area contributed by atoms with Gasteiger partial charge in [-0.25, -0.2) is 4.98 Å². The molecule has 19 heavy (non-hydrogen) atoms. The highest BCUT2D eigenvalue weighted by Crippen LogP contribution is 2.20. The topological polar surface area (TPSA) is 47.3 Å². The van der Waals surface area contributed by atoms with Crippen molar-refractivity contribution in [1.29, 1.82) is 0 Å². The maximum atomic E-state index is 11.9. The van der Waals surface area contributed by atoms with E-state index in [1.54, 1.807) is 18.6 Å². The van der Waals surface area contributed by atoms with Gasteiger partial charge < -0.3 is 0 Å². The van der Waals surface area contributed by atoms with E-state index in [1.807, 2.05) is 24.3 Å². The molecule has 0 radical (unpaired) electrons. The van der Waals surface area contributed by atoms with Crippen LogP contribution in [0.2, 0.25) is 0 Å². The van der Waals surface area contributed by atoms with Gasteiger partial charge in [-0.3, -0.25) is 14.2 Å². The first-order valence-electron chi connectivity index (χ1n) is 5.49. The largest absolute Gasteiger partial charge is 0.269 e. The smallest absolute Gasteiger partial charge is 0.259 e. The van der Waals surface area contributed by atoms with Crippen LogP contribution in [-0.2, 0) is 0 Å². The number of thiazole rings is 1. The van der Waals surface area contributed by atoms with Crippen LogP contribution in [0.4, 0.5) is 0 Å². The monoisotopic (exact) mass is 333 g/mol. The van der Waals surface area contributed by atoms with Gasteiger partial charge in [0, 0.05) is 24.7 Å². The summed E-state index contributed by atoms with van der Waals surface area (Å²) in [5, 5.41) is 0. The summed E-state index contributed by atoms with van der Waals surface area (Å²) in [4.78, 5) is 21.0. The van der Waals surface area contributed by atoms with Crippen LogP contribution >= 0.6 is 27.3 Å². The van der Waals surface area contributed by atoms with Crippen LogP contribution < -0.4 is 5.56 Å². The highest BCUT2D eigenvalue weighted by molar-refractivity contribution is 9.11. The average molecular weight is 334 g/mol. The molecule has 6 heteroatoms. The number of nitrogens with zero attached hydrogens (tertiary/aromatic N) is 3. The van der Waals surface area contributed by atoms with Crippen LogP contribution in [0.1, 0.15) is 11.3 Å². The van der Waals surface area contributed by atoms with Crippen LogP contribution in [0.15, 0.2) is 45.4 Å². The zero-order chi connectivity index (χ0) is 13.2. The lowest BCUT2D eigenvalue weighted by molar-refractivity contribution is 1.07. The van der Waals surface area contributed by atoms with Gasteiger partial charge in [0.15, 0.2) is 4.96 Å². The molecule has 0 aliphatic heterocycles. The summed E-state index contributed by atoms with van der Waals surface area (Å²) in [6.07, 6.45) is 8.89. The number of aromatic nitrogens is 3. The van der Waals surface area contributed by atoms with Crippen molar-refractivity contribution in [2.75, 3.05) is 0 Å². The third-order valence-electron chi connectivity index (χ3n) is 2.49. The second-order valence-electron chi connectivity index (χ2n) is 3.83. The summed E-state index contributed by atoms with van der Waals surface area (Å²) < 4.78 is 2.40. The molecule has 3 rings (SSSR count). The van der Waals surface area contributed by atoms with E-state index in [9.17, 15) is 4.79 Å². The molecule has 0 saturated carbocycles. The van der Waals surface area contributed by atoms with E-state index < -0.39 is 0 Å². The fourth-order valence-corrected chi connectivity index (χ4v) is 3.00. The molecule has 0 atom stereocenters. The summed E-state index contributed by atoms with van der Waals surface area (Å²) in [5.74, 6) is 0. The molecule has 0 amide bonds. The molecule has 0 fully saturated rings. The van der Waals surface area contributed by atoms with Crippen LogP contribution in [0.25, 0.3) is 17.1 Å². The van der Waals surface area contributed by atoms with E-state index in [0.29, 0.717) is 10.7 Å². The third kappa shape index (κ3) is 2.64. The zero-order valence-electron chi connectivity index (χ0n) is 9.65. The fraction of sp³-hybridized carbons (Fsp3) is 0. The number of fused-ring (bicyclic) bond motifs is 1. The molecule has 3 aromatic rings. The van der Waals surface area contributed by atoms with Crippen molar-refractivity contribution in [2.45, 2.75) is 0 Å². The molecule has 0 unspecified atom stereocenters. The van der Waals surface area contributed by atoms with Crippen molar-refractivity contribution >= 4 is 44.4 Å². The molecule has 0 bridgehead atoms. The van der Waals surface area contributed by atoms with E-state index in [2.05, 4.69) is 25.9 Å². The van der Waals surface area contributed by atoms with Gasteiger partial charge in [0.1, 0.15) is 0 Å². The second kappa shape index (κ2) is 5.07. The van der Waals surface area contributed by atoms with Crippen molar-refractivity contribution in [2.24, 2.45) is 0 Å². The SMILES string of the molecule is O=c1cc(C=Cc2cccnc2)nc2sc(Br)cn12. The Balaban J connectivity index is 2.02. The van der Waals surface area contributed by atoms with Gasteiger partial charge in [-0.1, -0.05) is 23.5 Å². The number of pyridine rings is 1. The maximum Gasteiger partial charge on any atom is 0.259 e. The average Bonchev–Trinajstić information content (AvgIpc) is 2.79. The molecule has 0 spiro atoms. The number of halogens is 1.